The smallest absolute Gasteiger partial charge is 0.281 e. The average Bonchev–Trinajstić information content (AvgIpc) is 3.31. The number of ether oxygens (including phenoxy) is 3. The molecule has 1 heterocycles. The van der Waals surface area contributed by atoms with Crippen molar-refractivity contribution in [3.63, 3.8) is 0 Å². The number of carbonyl (C=O) groups is 1. The van der Waals surface area contributed by atoms with E-state index >= 15 is 0 Å². The molecule has 1 aromatic heterocycles. The minimum Gasteiger partial charge on any atom is -0.497 e. The van der Waals surface area contributed by atoms with Crippen LogP contribution in [-0.2, 0) is 6.54 Å². The first-order chi connectivity index (χ1) is 16.1. The van der Waals surface area contributed by atoms with Gasteiger partial charge in [-0.05, 0) is 60.2 Å². The highest BCUT2D eigenvalue weighted by Gasteiger charge is 2.19. The SMILES string of the molecule is COc1ccc(CNc2nc(-c3ccc(OC)cc3)nn2C(=O)c2cccc(OC)c2)cc1. The maximum atomic E-state index is 13.3. The van der Waals surface area contributed by atoms with Crippen LogP contribution in [0.15, 0.2) is 72.8 Å². The summed E-state index contributed by atoms with van der Waals surface area (Å²) in [5, 5.41) is 7.73. The van der Waals surface area contributed by atoms with E-state index in [1.54, 1.807) is 45.6 Å². The van der Waals surface area contributed by atoms with E-state index in [9.17, 15) is 4.79 Å². The highest BCUT2D eigenvalue weighted by Crippen LogP contribution is 2.23. The van der Waals surface area contributed by atoms with E-state index in [1.807, 2.05) is 48.5 Å². The van der Waals surface area contributed by atoms with Gasteiger partial charge < -0.3 is 19.5 Å². The molecule has 168 valence electrons. The molecule has 8 nitrogen and oxygen atoms in total. The number of methoxy groups -OCH3 is 3. The number of anilines is 1. The molecular formula is C25H24N4O4. The summed E-state index contributed by atoms with van der Waals surface area (Å²) >= 11 is 0. The number of hydrogen-bond donors (Lipinski definition) is 1. The van der Waals surface area contributed by atoms with Gasteiger partial charge in [0.1, 0.15) is 17.2 Å². The van der Waals surface area contributed by atoms with Gasteiger partial charge in [-0.3, -0.25) is 4.79 Å². The van der Waals surface area contributed by atoms with Gasteiger partial charge in [0.25, 0.3) is 5.91 Å². The van der Waals surface area contributed by atoms with Crippen LogP contribution in [0.2, 0.25) is 0 Å². The third kappa shape index (κ3) is 4.95. The van der Waals surface area contributed by atoms with E-state index < -0.39 is 0 Å². The molecule has 1 N–H and O–H groups in total. The lowest BCUT2D eigenvalue weighted by Crippen LogP contribution is -2.17. The largest absolute Gasteiger partial charge is 0.497 e. The van der Waals surface area contributed by atoms with Gasteiger partial charge in [0, 0.05) is 17.7 Å². The Morgan fingerprint density at radius 2 is 1.48 bits per heavy atom. The second-order valence-corrected chi connectivity index (χ2v) is 7.14. The lowest BCUT2D eigenvalue weighted by molar-refractivity contribution is 0.0947. The van der Waals surface area contributed by atoms with Crippen molar-refractivity contribution in [2.75, 3.05) is 26.6 Å². The molecular weight excluding hydrogens is 420 g/mol. The Bertz CT molecular complexity index is 1230. The Balaban J connectivity index is 1.67. The number of nitrogens with one attached hydrogen (secondary N) is 1. The zero-order valence-electron chi connectivity index (χ0n) is 18.6. The number of nitrogens with zero attached hydrogens (tertiary/aromatic N) is 3. The zero-order chi connectivity index (χ0) is 23.2. The molecule has 0 fully saturated rings. The third-order valence-corrected chi connectivity index (χ3v) is 5.07. The molecule has 0 saturated heterocycles. The Kier molecular flexibility index (Phi) is 6.54. The van der Waals surface area contributed by atoms with Crippen molar-refractivity contribution in [3.8, 4) is 28.6 Å². The van der Waals surface area contributed by atoms with Crippen LogP contribution in [0.1, 0.15) is 15.9 Å². The van der Waals surface area contributed by atoms with E-state index in [2.05, 4.69) is 15.4 Å². The fraction of sp³-hybridized carbons (Fsp3) is 0.160. The Morgan fingerprint density at radius 3 is 2.12 bits per heavy atom. The molecule has 0 radical (unpaired) electrons. The molecule has 0 aliphatic carbocycles. The second kappa shape index (κ2) is 9.86. The molecule has 3 aromatic carbocycles. The number of carbonyl (C=O) groups excluding carboxylic acids is 1. The van der Waals surface area contributed by atoms with Gasteiger partial charge in [0.05, 0.1) is 21.3 Å². The van der Waals surface area contributed by atoms with Crippen molar-refractivity contribution in [1.29, 1.82) is 0 Å². The van der Waals surface area contributed by atoms with Gasteiger partial charge >= 0.3 is 0 Å². The topological polar surface area (TPSA) is 87.5 Å². The van der Waals surface area contributed by atoms with Gasteiger partial charge in [-0.1, -0.05) is 18.2 Å². The van der Waals surface area contributed by atoms with Gasteiger partial charge in [-0.15, -0.1) is 5.10 Å². The molecule has 0 bridgehead atoms. The predicted octanol–water partition coefficient (Wildman–Crippen LogP) is 4.27. The van der Waals surface area contributed by atoms with Crippen molar-refractivity contribution in [1.82, 2.24) is 14.8 Å². The minimum absolute atomic E-state index is 0.321. The van der Waals surface area contributed by atoms with E-state index in [0.29, 0.717) is 29.6 Å². The van der Waals surface area contributed by atoms with Crippen molar-refractivity contribution in [3.05, 3.63) is 83.9 Å². The highest BCUT2D eigenvalue weighted by molar-refractivity contribution is 5.97. The van der Waals surface area contributed by atoms with Crippen LogP contribution in [0.3, 0.4) is 0 Å². The molecule has 33 heavy (non-hydrogen) atoms. The van der Waals surface area contributed by atoms with Crippen LogP contribution in [0.25, 0.3) is 11.4 Å². The first kappa shape index (κ1) is 21.9. The summed E-state index contributed by atoms with van der Waals surface area (Å²) in [7, 11) is 4.79. The van der Waals surface area contributed by atoms with E-state index in [-0.39, 0.29) is 5.91 Å². The summed E-state index contributed by atoms with van der Waals surface area (Å²) in [6, 6.07) is 21.9. The molecule has 0 unspecified atom stereocenters. The van der Waals surface area contributed by atoms with Gasteiger partial charge in [-0.2, -0.15) is 9.67 Å². The lowest BCUT2D eigenvalue weighted by Gasteiger charge is -2.08. The molecule has 4 aromatic rings. The van der Waals surface area contributed by atoms with Crippen LogP contribution in [-0.4, -0.2) is 42.0 Å². The second-order valence-electron chi connectivity index (χ2n) is 7.14. The number of benzene rings is 3. The fourth-order valence-electron chi connectivity index (χ4n) is 3.23. The van der Waals surface area contributed by atoms with Crippen molar-refractivity contribution in [2.24, 2.45) is 0 Å². The third-order valence-electron chi connectivity index (χ3n) is 5.07. The summed E-state index contributed by atoms with van der Waals surface area (Å²) in [5.41, 5.74) is 2.21. The van der Waals surface area contributed by atoms with E-state index in [0.717, 1.165) is 22.6 Å². The summed E-state index contributed by atoms with van der Waals surface area (Å²) < 4.78 is 17.0. The Morgan fingerprint density at radius 1 is 0.848 bits per heavy atom. The van der Waals surface area contributed by atoms with E-state index in [1.165, 1.54) is 4.68 Å². The monoisotopic (exact) mass is 444 g/mol. The highest BCUT2D eigenvalue weighted by atomic mass is 16.5. The number of rotatable bonds is 8. The van der Waals surface area contributed by atoms with Crippen LogP contribution in [0, 0.1) is 0 Å². The first-order valence-corrected chi connectivity index (χ1v) is 10.3. The van der Waals surface area contributed by atoms with Crippen LogP contribution in [0.4, 0.5) is 5.95 Å². The van der Waals surface area contributed by atoms with Crippen LogP contribution >= 0.6 is 0 Å². The van der Waals surface area contributed by atoms with Crippen molar-refractivity contribution in [2.45, 2.75) is 6.54 Å². The molecule has 0 atom stereocenters. The number of hydrogen-bond acceptors (Lipinski definition) is 7. The van der Waals surface area contributed by atoms with Gasteiger partial charge in [0.15, 0.2) is 5.82 Å². The maximum Gasteiger partial charge on any atom is 0.281 e. The Hall–Kier alpha value is -4.33. The summed E-state index contributed by atoms with van der Waals surface area (Å²) in [6.45, 7) is 0.454. The van der Waals surface area contributed by atoms with Crippen molar-refractivity contribution >= 4 is 11.9 Å². The molecule has 0 amide bonds. The minimum atomic E-state index is -0.321. The van der Waals surface area contributed by atoms with E-state index in [4.69, 9.17) is 14.2 Å². The number of aromatic nitrogens is 3. The van der Waals surface area contributed by atoms with Crippen molar-refractivity contribution < 1.29 is 19.0 Å². The summed E-state index contributed by atoms with van der Waals surface area (Å²) in [6.07, 6.45) is 0. The summed E-state index contributed by atoms with van der Waals surface area (Å²) in [5.74, 6) is 2.53. The predicted molar refractivity (Wildman–Crippen MR) is 125 cm³/mol. The van der Waals surface area contributed by atoms with Crippen LogP contribution in [0.5, 0.6) is 17.2 Å². The molecule has 4 rings (SSSR count). The average molecular weight is 444 g/mol. The fourth-order valence-corrected chi connectivity index (χ4v) is 3.23. The molecule has 0 aliphatic rings. The summed E-state index contributed by atoms with van der Waals surface area (Å²) in [4.78, 5) is 17.9. The maximum absolute atomic E-state index is 13.3. The Labute approximate surface area is 191 Å². The zero-order valence-corrected chi connectivity index (χ0v) is 18.6. The standard InChI is InChI=1S/C25H24N4O4/c1-31-20-11-7-17(8-12-20)16-26-25-27-23(18-9-13-21(32-2)14-10-18)28-29(25)24(30)19-5-4-6-22(15-19)33-3/h4-15H,16H2,1-3H3,(H,26,27,28). The van der Waals surface area contributed by atoms with Gasteiger partial charge in [-0.25, -0.2) is 0 Å². The first-order valence-electron chi connectivity index (χ1n) is 10.3. The molecule has 0 aliphatic heterocycles. The normalized spacial score (nSPS) is 10.5. The molecule has 0 spiro atoms. The quantitative estimate of drug-likeness (QED) is 0.434. The molecule has 8 heteroatoms. The van der Waals surface area contributed by atoms with Gasteiger partial charge in [0.2, 0.25) is 5.95 Å². The molecule has 0 saturated carbocycles. The van der Waals surface area contributed by atoms with Crippen LogP contribution < -0.4 is 19.5 Å². The lowest BCUT2D eigenvalue weighted by atomic mass is 10.2.